The van der Waals surface area contributed by atoms with Gasteiger partial charge >= 0.3 is 23.9 Å². The number of hydrogen-bond donors (Lipinski definition) is 1. The Morgan fingerprint density at radius 3 is 2.11 bits per heavy atom. The highest BCUT2D eigenvalue weighted by Gasteiger charge is 2.34. The maximum atomic E-state index is 13.3. The average molecular weight is 866 g/mol. The lowest BCUT2D eigenvalue weighted by Crippen LogP contribution is -2.44. The summed E-state index contributed by atoms with van der Waals surface area (Å²) in [6, 6.07) is 6.17. The zero-order valence-electron chi connectivity index (χ0n) is 30.2. The number of rotatable bonds is 15. The van der Waals surface area contributed by atoms with Crippen LogP contribution in [0.1, 0.15) is 51.4 Å². The number of esters is 4. The smallest absolute Gasteiger partial charge is 0.347 e. The molecule has 3 aromatic rings. The fourth-order valence-electron chi connectivity index (χ4n) is 4.75. The minimum Gasteiger partial charge on any atom is -0.480 e. The highest BCUT2D eigenvalue weighted by atomic mass is 79.9. The van der Waals surface area contributed by atoms with Gasteiger partial charge in [0.1, 0.15) is 16.3 Å². The Morgan fingerprint density at radius 2 is 1.47 bits per heavy atom. The molecule has 1 amide bonds. The molecule has 2 heterocycles. The van der Waals surface area contributed by atoms with Gasteiger partial charge in [-0.05, 0) is 79.9 Å². The Morgan fingerprint density at radius 1 is 0.873 bits per heavy atom. The maximum absolute atomic E-state index is 13.3. The van der Waals surface area contributed by atoms with Gasteiger partial charge < -0.3 is 29.0 Å². The van der Waals surface area contributed by atoms with Crippen LogP contribution in [0.15, 0.2) is 58.3 Å². The zero-order valence-corrected chi connectivity index (χ0v) is 33.3. The number of amides is 1. The van der Waals surface area contributed by atoms with Crippen molar-refractivity contribution < 1.29 is 52.5 Å². The van der Waals surface area contributed by atoms with Crippen LogP contribution in [0.5, 0.6) is 5.75 Å². The molecule has 16 nitrogen and oxygen atoms in total. The Labute approximate surface area is 333 Å². The predicted molar refractivity (Wildman–Crippen MR) is 202 cm³/mol. The monoisotopic (exact) mass is 863 g/mol. The number of aromatic nitrogens is 2. The first kappa shape index (κ1) is 42.6. The van der Waals surface area contributed by atoms with Crippen LogP contribution < -0.4 is 10.1 Å². The second-order valence-electron chi connectivity index (χ2n) is 11.9. The fourth-order valence-corrected chi connectivity index (χ4v) is 5.74. The van der Waals surface area contributed by atoms with E-state index in [9.17, 15) is 28.8 Å². The largest absolute Gasteiger partial charge is 0.480 e. The number of allylic oxidation sites excluding steroid dienone is 1. The van der Waals surface area contributed by atoms with Crippen LogP contribution in [0.2, 0.25) is 10.0 Å². The number of ketones is 1. The summed E-state index contributed by atoms with van der Waals surface area (Å²) in [5, 5.41) is 2.83. The number of nitrogens with one attached hydrogen (secondary N) is 1. The van der Waals surface area contributed by atoms with Crippen molar-refractivity contribution >= 4 is 97.4 Å². The molecule has 2 aromatic carbocycles. The van der Waals surface area contributed by atoms with E-state index in [2.05, 4.69) is 42.8 Å². The number of aliphatic imine (C=N–C) groups is 1. The fraction of sp³-hybridized carbons (Fsp3) is 0.361. The topological polar surface area (TPSA) is 202 Å². The van der Waals surface area contributed by atoms with E-state index >= 15 is 0 Å². The summed E-state index contributed by atoms with van der Waals surface area (Å²) >= 11 is 15.9. The lowest BCUT2D eigenvalue weighted by molar-refractivity contribution is -0.183. The number of halogens is 3. The number of Topliss-reactive ketones (excluding diaryl/α,β-unsaturated/α-hetero) is 1. The molecule has 1 aliphatic rings. The molecule has 0 aliphatic carbocycles. The van der Waals surface area contributed by atoms with Crippen LogP contribution in [-0.4, -0.2) is 101 Å². The molecule has 0 bridgehead atoms. The Balaban J connectivity index is 1.23. The molecule has 0 unspecified atom stereocenters. The van der Waals surface area contributed by atoms with Gasteiger partial charge in [-0.25, -0.2) is 24.2 Å². The third-order valence-corrected chi connectivity index (χ3v) is 9.49. The zero-order chi connectivity index (χ0) is 40.6. The molecule has 0 spiro atoms. The lowest BCUT2D eigenvalue weighted by Gasteiger charge is -2.22. The number of benzene rings is 2. The van der Waals surface area contributed by atoms with Crippen molar-refractivity contribution in [2.75, 3.05) is 19.7 Å². The van der Waals surface area contributed by atoms with Crippen LogP contribution >= 0.6 is 39.1 Å². The normalized spacial score (nSPS) is 15.3. The van der Waals surface area contributed by atoms with E-state index in [-0.39, 0.29) is 39.6 Å². The Kier molecular flexibility index (Phi) is 14.7. The van der Waals surface area contributed by atoms with Gasteiger partial charge in [0.25, 0.3) is 5.91 Å². The average Bonchev–Trinajstić information content (AvgIpc) is 3.63. The van der Waals surface area contributed by atoms with E-state index < -0.39 is 60.8 Å². The first-order valence-electron chi connectivity index (χ1n) is 16.7. The van der Waals surface area contributed by atoms with E-state index in [1.165, 1.54) is 44.7 Å². The number of carbonyl (C=O) groups excluding carboxylic acids is 6. The molecular weight excluding hydrogens is 829 g/mol. The Bertz CT molecular complexity index is 2060. The van der Waals surface area contributed by atoms with Crippen LogP contribution in [-0.2, 0) is 42.9 Å². The second kappa shape index (κ2) is 19.0. The van der Waals surface area contributed by atoms with Gasteiger partial charge in [0.15, 0.2) is 36.8 Å². The van der Waals surface area contributed by atoms with Gasteiger partial charge in [-0.2, -0.15) is 0 Å². The summed E-state index contributed by atoms with van der Waals surface area (Å²) in [4.78, 5) is 90.4. The van der Waals surface area contributed by atoms with Crippen molar-refractivity contribution in [2.24, 2.45) is 4.99 Å². The van der Waals surface area contributed by atoms with Crippen molar-refractivity contribution in [1.29, 1.82) is 0 Å². The van der Waals surface area contributed by atoms with Crippen molar-refractivity contribution in [3.8, 4) is 5.75 Å². The van der Waals surface area contributed by atoms with Crippen molar-refractivity contribution in [1.82, 2.24) is 20.2 Å². The number of fused-ring (bicyclic) bond motifs is 1. The molecule has 19 heteroatoms. The van der Waals surface area contributed by atoms with Crippen LogP contribution in [0.4, 0.5) is 5.69 Å². The van der Waals surface area contributed by atoms with E-state index in [0.29, 0.717) is 39.7 Å². The van der Waals surface area contributed by atoms with E-state index in [4.69, 9.17) is 46.9 Å². The second-order valence-corrected chi connectivity index (χ2v) is 13.4. The number of carbonyl (C=O) groups is 6. The number of ether oxygens (including phenoxy) is 5. The van der Waals surface area contributed by atoms with Crippen molar-refractivity contribution in [3.63, 3.8) is 0 Å². The maximum Gasteiger partial charge on any atom is 0.347 e. The molecule has 4 atom stereocenters. The summed E-state index contributed by atoms with van der Waals surface area (Å²) in [6.07, 6.45) is -2.27. The van der Waals surface area contributed by atoms with Gasteiger partial charge in [0, 0.05) is 31.0 Å². The standard InChI is InChI=1S/C36H36BrCl2N5O11/c1-7-17(2)31(46)22-8-11-25(29(39)28(22)38)51-16-26(45)52-19(4)33(48)54-21(6)35(50)55-20(5)34(49)53-18(3)32(47)44-15-14-42-36(44)43-23-9-10-24-30(27(23)37)41-13-12-40-24/h8-13,18-21H,2,7,14-16H2,1,3-6H3,(H,42,43)/t18-,19-,20-,21-/m0/s1. The minimum atomic E-state index is -1.53. The summed E-state index contributed by atoms with van der Waals surface area (Å²) in [5.41, 5.74) is 2.17. The van der Waals surface area contributed by atoms with Crippen molar-refractivity contribution in [2.45, 2.75) is 65.5 Å². The van der Waals surface area contributed by atoms with E-state index in [1.54, 1.807) is 31.5 Å². The van der Waals surface area contributed by atoms with Gasteiger partial charge in [0.05, 0.1) is 20.7 Å². The first-order chi connectivity index (χ1) is 26.0. The van der Waals surface area contributed by atoms with Crippen LogP contribution in [0, 0.1) is 0 Å². The van der Waals surface area contributed by atoms with Gasteiger partial charge in [0.2, 0.25) is 5.96 Å². The molecule has 1 saturated heterocycles. The first-order valence-corrected chi connectivity index (χ1v) is 18.3. The van der Waals surface area contributed by atoms with Crippen molar-refractivity contribution in [3.05, 3.63) is 68.9 Å². The molecule has 4 rings (SSSR count). The van der Waals surface area contributed by atoms with Gasteiger partial charge in [-0.3, -0.25) is 24.5 Å². The molecule has 292 valence electrons. The molecule has 1 N–H and O–H groups in total. The predicted octanol–water partition coefficient (Wildman–Crippen LogP) is 5.07. The summed E-state index contributed by atoms with van der Waals surface area (Å²) in [6.45, 7) is 10.4. The SMILES string of the molecule is C=C(CC)C(=O)c1ccc(OCC(=O)O[C@@H](C)C(=O)O[C@@H](C)C(=O)O[C@@H](C)C(=O)O[C@@H](C)C(=O)N2CCN/C2=N/c2ccc3nccnc3c2Br)c(Cl)c1Cl. The minimum absolute atomic E-state index is 0.0200. The molecule has 0 radical (unpaired) electrons. The molecule has 1 fully saturated rings. The van der Waals surface area contributed by atoms with Crippen LogP contribution in [0.25, 0.3) is 11.0 Å². The summed E-state index contributed by atoms with van der Waals surface area (Å²) in [7, 11) is 0. The number of guanidine groups is 1. The third-order valence-electron chi connectivity index (χ3n) is 7.84. The van der Waals surface area contributed by atoms with E-state index in [1.807, 2.05) is 0 Å². The summed E-state index contributed by atoms with van der Waals surface area (Å²) in [5.74, 6) is -5.01. The van der Waals surface area contributed by atoms with Gasteiger partial charge in [-0.1, -0.05) is 36.7 Å². The number of nitrogens with zero attached hydrogens (tertiary/aromatic N) is 4. The molecule has 1 aliphatic heterocycles. The summed E-state index contributed by atoms with van der Waals surface area (Å²) < 4.78 is 26.4. The third kappa shape index (κ3) is 10.6. The molecule has 0 saturated carbocycles. The van der Waals surface area contributed by atoms with E-state index in [0.717, 1.165) is 0 Å². The molecule has 1 aromatic heterocycles. The quantitative estimate of drug-likeness (QED) is 0.0918. The molecular formula is C36H36BrCl2N5O11. The number of hydrogen-bond acceptors (Lipinski definition) is 14. The Hall–Kier alpha value is -5.13. The lowest BCUT2D eigenvalue weighted by atomic mass is 10.0. The highest BCUT2D eigenvalue weighted by Crippen LogP contribution is 2.36. The van der Waals surface area contributed by atoms with Gasteiger partial charge in [-0.15, -0.1) is 0 Å². The van der Waals surface area contributed by atoms with Crippen LogP contribution in [0.3, 0.4) is 0 Å². The molecule has 55 heavy (non-hydrogen) atoms. The highest BCUT2D eigenvalue weighted by molar-refractivity contribution is 9.10.